The van der Waals surface area contributed by atoms with E-state index in [1.807, 2.05) is 24.4 Å². The van der Waals surface area contributed by atoms with Gasteiger partial charge in [-0.1, -0.05) is 6.07 Å². The molecule has 0 bridgehead atoms. The molecule has 100 valence electrons. The molecule has 19 heavy (non-hydrogen) atoms. The number of carboxylic acid groups (broad SMARTS) is 1. The van der Waals surface area contributed by atoms with Crippen LogP contribution in [0, 0.1) is 0 Å². The number of thiophene rings is 1. The molecule has 0 aliphatic heterocycles. The Morgan fingerprint density at radius 2 is 2.37 bits per heavy atom. The van der Waals surface area contributed by atoms with E-state index in [-0.39, 0.29) is 18.5 Å². The third-order valence-corrected chi connectivity index (χ3v) is 3.73. The lowest BCUT2D eigenvalue weighted by molar-refractivity contribution is -0.137. The van der Waals surface area contributed by atoms with Crippen LogP contribution in [-0.2, 0) is 4.79 Å². The van der Waals surface area contributed by atoms with Crippen molar-refractivity contribution in [1.82, 2.24) is 15.3 Å². The standard InChI is InChI=1S/C13H15N3O2S/c1-9(11-8-14-4-5-15-11)16-10(7-13(17)18)12-3-2-6-19-12/h2-6,8-10,16H,7H2,1H3,(H,17,18). The minimum atomic E-state index is -0.822. The zero-order chi connectivity index (χ0) is 13.7. The molecular weight excluding hydrogens is 262 g/mol. The largest absolute Gasteiger partial charge is 0.481 e. The highest BCUT2D eigenvalue weighted by Crippen LogP contribution is 2.25. The molecule has 0 amide bonds. The van der Waals surface area contributed by atoms with Crippen LogP contribution in [0.25, 0.3) is 0 Å². The SMILES string of the molecule is CC(NC(CC(=O)O)c1cccs1)c1cnccn1. The van der Waals surface area contributed by atoms with Crippen molar-refractivity contribution in [2.75, 3.05) is 0 Å². The van der Waals surface area contributed by atoms with Crippen LogP contribution in [0.15, 0.2) is 36.1 Å². The third kappa shape index (κ3) is 3.84. The average molecular weight is 277 g/mol. The molecule has 5 nitrogen and oxygen atoms in total. The van der Waals surface area contributed by atoms with E-state index < -0.39 is 5.97 Å². The Morgan fingerprint density at radius 3 is 2.95 bits per heavy atom. The molecule has 0 saturated carbocycles. The molecule has 2 N–H and O–H groups in total. The van der Waals surface area contributed by atoms with E-state index in [0.29, 0.717) is 0 Å². The smallest absolute Gasteiger partial charge is 0.305 e. The highest BCUT2D eigenvalue weighted by atomic mass is 32.1. The maximum absolute atomic E-state index is 11.0. The first-order valence-corrected chi connectivity index (χ1v) is 6.82. The second-order valence-corrected chi connectivity index (χ2v) is 5.16. The summed E-state index contributed by atoms with van der Waals surface area (Å²) in [6, 6.07) is 3.59. The van der Waals surface area contributed by atoms with Gasteiger partial charge in [-0.25, -0.2) is 0 Å². The number of nitrogens with zero attached hydrogens (tertiary/aromatic N) is 2. The number of rotatable bonds is 6. The minimum Gasteiger partial charge on any atom is -0.481 e. The summed E-state index contributed by atoms with van der Waals surface area (Å²) in [5.74, 6) is -0.822. The molecule has 2 rings (SSSR count). The lowest BCUT2D eigenvalue weighted by Gasteiger charge is -2.20. The van der Waals surface area contributed by atoms with Gasteiger partial charge in [-0.3, -0.25) is 14.8 Å². The van der Waals surface area contributed by atoms with Gasteiger partial charge in [-0.15, -0.1) is 11.3 Å². The van der Waals surface area contributed by atoms with E-state index in [2.05, 4.69) is 15.3 Å². The summed E-state index contributed by atoms with van der Waals surface area (Å²) in [7, 11) is 0. The first-order valence-electron chi connectivity index (χ1n) is 5.94. The molecule has 0 fully saturated rings. The van der Waals surface area contributed by atoms with E-state index in [0.717, 1.165) is 10.6 Å². The van der Waals surface area contributed by atoms with E-state index in [9.17, 15) is 4.79 Å². The van der Waals surface area contributed by atoms with Gasteiger partial charge >= 0.3 is 5.97 Å². The monoisotopic (exact) mass is 277 g/mol. The van der Waals surface area contributed by atoms with Crippen molar-refractivity contribution in [2.45, 2.75) is 25.4 Å². The predicted octanol–water partition coefficient (Wildman–Crippen LogP) is 2.40. The van der Waals surface area contributed by atoms with Crippen molar-refractivity contribution >= 4 is 17.3 Å². The van der Waals surface area contributed by atoms with E-state index >= 15 is 0 Å². The topological polar surface area (TPSA) is 75.1 Å². The molecule has 2 aromatic heterocycles. The van der Waals surface area contributed by atoms with Crippen LogP contribution < -0.4 is 5.32 Å². The third-order valence-electron chi connectivity index (χ3n) is 2.74. The number of aromatic nitrogens is 2. The van der Waals surface area contributed by atoms with Crippen LogP contribution in [0.1, 0.15) is 36.0 Å². The Hall–Kier alpha value is -1.79. The lowest BCUT2D eigenvalue weighted by Crippen LogP contribution is -2.26. The van der Waals surface area contributed by atoms with Gasteiger partial charge in [-0.2, -0.15) is 0 Å². The molecule has 2 heterocycles. The van der Waals surface area contributed by atoms with Crippen molar-refractivity contribution in [3.63, 3.8) is 0 Å². The Kier molecular flexibility index (Phi) is 4.59. The highest BCUT2D eigenvalue weighted by Gasteiger charge is 2.19. The Morgan fingerprint density at radius 1 is 1.53 bits per heavy atom. The number of hydrogen-bond donors (Lipinski definition) is 2. The first-order chi connectivity index (χ1) is 9.16. The summed E-state index contributed by atoms with van der Waals surface area (Å²) in [5, 5.41) is 14.2. The van der Waals surface area contributed by atoms with E-state index in [1.54, 1.807) is 29.9 Å². The van der Waals surface area contributed by atoms with Crippen LogP contribution in [0.2, 0.25) is 0 Å². The molecule has 0 aliphatic rings. The molecule has 6 heteroatoms. The van der Waals surface area contributed by atoms with Gasteiger partial charge in [-0.05, 0) is 18.4 Å². The second kappa shape index (κ2) is 6.40. The molecule has 2 aromatic rings. The molecule has 2 unspecified atom stereocenters. The molecule has 0 spiro atoms. The van der Waals surface area contributed by atoms with Crippen molar-refractivity contribution < 1.29 is 9.90 Å². The van der Waals surface area contributed by atoms with Crippen molar-refractivity contribution in [3.8, 4) is 0 Å². The van der Waals surface area contributed by atoms with Gasteiger partial charge < -0.3 is 10.4 Å². The summed E-state index contributed by atoms with van der Waals surface area (Å²) < 4.78 is 0. The fraction of sp³-hybridized carbons (Fsp3) is 0.308. The van der Waals surface area contributed by atoms with Gasteiger partial charge in [0, 0.05) is 29.5 Å². The van der Waals surface area contributed by atoms with Gasteiger partial charge in [0.1, 0.15) is 0 Å². The number of carboxylic acids is 1. The maximum atomic E-state index is 11.0. The van der Waals surface area contributed by atoms with Crippen LogP contribution >= 0.6 is 11.3 Å². The Labute approximate surface area is 115 Å². The molecule has 2 atom stereocenters. The second-order valence-electron chi connectivity index (χ2n) is 4.18. The van der Waals surface area contributed by atoms with Gasteiger partial charge in [0.15, 0.2) is 0 Å². The normalized spacial score (nSPS) is 13.9. The molecule has 0 saturated heterocycles. The Bertz CT molecular complexity index is 516. The fourth-order valence-electron chi connectivity index (χ4n) is 1.83. The van der Waals surface area contributed by atoms with Crippen LogP contribution in [-0.4, -0.2) is 21.0 Å². The fourth-order valence-corrected chi connectivity index (χ4v) is 2.61. The van der Waals surface area contributed by atoms with Crippen molar-refractivity contribution in [1.29, 1.82) is 0 Å². The predicted molar refractivity (Wildman–Crippen MR) is 72.9 cm³/mol. The Balaban J connectivity index is 2.10. The molecule has 0 aliphatic carbocycles. The zero-order valence-corrected chi connectivity index (χ0v) is 11.3. The maximum Gasteiger partial charge on any atom is 0.305 e. The zero-order valence-electron chi connectivity index (χ0n) is 10.5. The highest BCUT2D eigenvalue weighted by molar-refractivity contribution is 7.10. The van der Waals surface area contributed by atoms with Gasteiger partial charge in [0.25, 0.3) is 0 Å². The lowest BCUT2D eigenvalue weighted by atomic mass is 10.1. The van der Waals surface area contributed by atoms with Gasteiger partial charge in [0.2, 0.25) is 0 Å². The summed E-state index contributed by atoms with van der Waals surface area (Å²) in [4.78, 5) is 20.2. The number of nitrogens with one attached hydrogen (secondary N) is 1. The van der Waals surface area contributed by atoms with Crippen molar-refractivity contribution in [2.24, 2.45) is 0 Å². The number of hydrogen-bond acceptors (Lipinski definition) is 5. The first kappa shape index (κ1) is 13.6. The number of aliphatic carboxylic acids is 1. The summed E-state index contributed by atoms with van der Waals surface area (Å²) in [5.41, 5.74) is 0.800. The van der Waals surface area contributed by atoms with E-state index in [1.165, 1.54) is 0 Å². The minimum absolute atomic E-state index is 0.0467. The molecular formula is C13H15N3O2S. The summed E-state index contributed by atoms with van der Waals surface area (Å²) >= 11 is 1.55. The van der Waals surface area contributed by atoms with E-state index in [4.69, 9.17) is 5.11 Å². The number of carbonyl (C=O) groups is 1. The summed E-state index contributed by atoms with van der Waals surface area (Å²) in [6.45, 7) is 1.95. The molecule has 0 aromatic carbocycles. The van der Waals surface area contributed by atoms with Crippen LogP contribution in [0.4, 0.5) is 0 Å². The summed E-state index contributed by atoms with van der Waals surface area (Å²) in [6.07, 6.45) is 4.98. The van der Waals surface area contributed by atoms with Crippen molar-refractivity contribution in [3.05, 3.63) is 46.7 Å². The quantitative estimate of drug-likeness (QED) is 0.848. The van der Waals surface area contributed by atoms with Gasteiger partial charge in [0.05, 0.1) is 18.2 Å². The van der Waals surface area contributed by atoms with Crippen LogP contribution in [0.5, 0.6) is 0 Å². The van der Waals surface area contributed by atoms with Crippen LogP contribution in [0.3, 0.4) is 0 Å². The average Bonchev–Trinajstić information content (AvgIpc) is 2.92. The molecule has 0 radical (unpaired) electrons.